The molecule has 5 nitrogen and oxygen atoms in total. The Morgan fingerprint density at radius 2 is 1.95 bits per heavy atom. The Labute approximate surface area is 130 Å². The summed E-state index contributed by atoms with van der Waals surface area (Å²) in [4.78, 5) is 23.2. The summed E-state index contributed by atoms with van der Waals surface area (Å²) in [5.41, 5.74) is -0.388. The fraction of sp³-hybridized carbons (Fsp3) is 0.467. The van der Waals surface area contributed by atoms with Crippen LogP contribution < -0.4 is 0 Å². The number of rotatable bonds is 4. The van der Waals surface area contributed by atoms with E-state index in [9.17, 15) is 9.59 Å². The average molecular weight is 355 g/mol. The molecule has 3 rings (SSSR count). The summed E-state index contributed by atoms with van der Waals surface area (Å²) in [7, 11) is 0. The number of esters is 1. The van der Waals surface area contributed by atoms with Gasteiger partial charge in [-0.3, -0.25) is 9.59 Å². The number of ether oxygens (including phenoxy) is 2. The van der Waals surface area contributed by atoms with Gasteiger partial charge in [-0.1, -0.05) is 28.1 Å². The predicted molar refractivity (Wildman–Crippen MR) is 76.6 cm³/mol. The lowest BCUT2D eigenvalue weighted by molar-refractivity contribution is -0.166. The topological polar surface area (TPSA) is 72.8 Å². The molecule has 112 valence electrons. The van der Waals surface area contributed by atoms with Gasteiger partial charge in [0.15, 0.2) is 5.41 Å². The van der Waals surface area contributed by atoms with E-state index in [1.54, 1.807) is 0 Å². The van der Waals surface area contributed by atoms with Crippen LogP contribution in [0.5, 0.6) is 0 Å². The van der Waals surface area contributed by atoms with Gasteiger partial charge in [-0.15, -0.1) is 0 Å². The Kier molecular flexibility index (Phi) is 3.75. The van der Waals surface area contributed by atoms with Crippen LogP contribution in [0.2, 0.25) is 0 Å². The van der Waals surface area contributed by atoms with Crippen molar-refractivity contribution in [3.63, 3.8) is 0 Å². The number of hydrogen-bond donors (Lipinski definition) is 1. The van der Waals surface area contributed by atoms with Gasteiger partial charge >= 0.3 is 11.9 Å². The van der Waals surface area contributed by atoms with Crippen molar-refractivity contribution < 1.29 is 24.2 Å². The van der Waals surface area contributed by atoms with Crippen LogP contribution >= 0.6 is 15.9 Å². The minimum atomic E-state index is -1.31. The van der Waals surface area contributed by atoms with E-state index in [1.165, 1.54) is 0 Å². The van der Waals surface area contributed by atoms with Crippen molar-refractivity contribution >= 4 is 27.9 Å². The van der Waals surface area contributed by atoms with Crippen LogP contribution in [0.25, 0.3) is 0 Å². The van der Waals surface area contributed by atoms with Crippen molar-refractivity contribution in [3.8, 4) is 0 Å². The fourth-order valence-corrected chi connectivity index (χ4v) is 2.80. The van der Waals surface area contributed by atoms with Gasteiger partial charge in [0, 0.05) is 10.9 Å². The highest BCUT2D eigenvalue weighted by Crippen LogP contribution is 2.48. The molecule has 2 aliphatic rings. The van der Waals surface area contributed by atoms with Crippen LogP contribution in [0.3, 0.4) is 0 Å². The molecule has 1 aromatic rings. The molecule has 1 saturated heterocycles. The monoisotopic (exact) mass is 354 g/mol. The van der Waals surface area contributed by atoms with Gasteiger partial charge in [0.2, 0.25) is 0 Å². The van der Waals surface area contributed by atoms with E-state index in [0.717, 1.165) is 10.0 Å². The normalized spacial score (nSPS) is 26.3. The number of benzene rings is 1. The lowest BCUT2D eigenvalue weighted by Crippen LogP contribution is -2.32. The average Bonchev–Trinajstić information content (AvgIpc) is 3.16. The first kappa shape index (κ1) is 14.5. The highest BCUT2D eigenvalue weighted by atomic mass is 79.9. The van der Waals surface area contributed by atoms with Crippen molar-refractivity contribution in [2.45, 2.75) is 31.5 Å². The second kappa shape index (κ2) is 5.42. The SMILES string of the molecule is O=C(O)C1(C(=O)O[C@H]2CCO[C@@H]2c2ccc(Br)cc2)CC1. The van der Waals surface area contributed by atoms with E-state index in [-0.39, 0.29) is 6.10 Å². The van der Waals surface area contributed by atoms with Gasteiger partial charge in [0.25, 0.3) is 0 Å². The molecule has 2 fully saturated rings. The fourth-order valence-electron chi connectivity index (χ4n) is 2.53. The van der Waals surface area contributed by atoms with Crippen molar-refractivity contribution in [3.05, 3.63) is 34.3 Å². The number of carboxylic acids is 1. The molecule has 1 saturated carbocycles. The smallest absolute Gasteiger partial charge is 0.323 e. The van der Waals surface area contributed by atoms with Gasteiger partial charge in [0.05, 0.1) is 6.61 Å². The van der Waals surface area contributed by atoms with Crippen LogP contribution in [0.15, 0.2) is 28.7 Å². The Morgan fingerprint density at radius 1 is 1.29 bits per heavy atom. The van der Waals surface area contributed by atoms with Crippen LogP contribution in [0.1, 0.15) is 30.9 Å². The molecule has 1 aliphatic carbocycles. The lowest BCUT2D eigenvalue weighted by Gasteiger charge is -2.21. The van der Waals surface area contributed by atoms with Crippen LogP contribution in [0, 0.1) is 5.41 Å². The van der Waals surface area contributed by atoms with E-state index < -0.39 is 23.5 Å². The predicted octanol–water partition coefficient (Wildman–Crippen LogP) is 2.69. The maximum atomic E-state index is 12.1. The van der Waals surface area contributed by atoms with Gasteiger partial charge in [-0.05, 0) is 30.5 Å². The molecular weight excluding hydrogens is 340 g/mol. The summed E-state index contributed by atoms with van der Waals surface area (Å²) >= 11 is 3.37. The molecule has 1 N–H and O–H groups in total. The number of carboxylic acid groups (broad SMARTS) is 1. The number of aliphatic carboxylic acids is 1. The Bertz CT molecular complexity index is 564. The number of carbonyl (C=O) groups is 2. The number of carbonyl (C=O) groups excluding carboxylic acids is 1. The zero-order valence-electron chi connectivity index (χ0n) is 11.3. The minimum absolute atomic E-state index is 0.327. The summed E-state index contributed by atoms with van der Waals surface area (Å²) in [5.74, 6) is -1.72. The second-order valence-electron chi connectivity index (χ2n) is 5.46. The summed E-state index contributed by atoms with van der Waals surface area (Å²) in [6, 6.07) is 7.61. The molecule has 2 atom stereocenters. The van der Waals surface area contributed by atoms with E-state index in [4.69, 9.17) is 14.6 Å². The number of hydrogen-bond acceptors (Lipinski definition) is 4. The van der Waals surface area contributed by atoms with Gasteiger partial charge in [-0.2, -0.15) is 0 Å². The zero-order chi connectivity index (χ0) is 15.0. The molecule has 0 aromatic heterocycles. The quantitative estimate of drug-likeness (QED) is 0.664. The molecule has 1 aliphatic heterocycles. The van der Waals surface area contributed by atoms with Crippen LogP contribution in [-0.4, -0.2) is 29.8 Å². The molecule has 6 heteroatoms. The second-order valence-corrected chi connectivity index (χ2v) is 6.38. The first-order valence-corrected chi connectivity index (χ1v) is 7.64. The van der Waals surface area contributed by atoms with Gasteiger partial charge < -0.3 is 14.6 Å². The Hall–Kier alpha value is -1.40. The molecule has 21 heavy (non-hydrogen) atoms. The third-order valence-corrected chi connectivity index (χ3v) is 4.57. The van der Waals surface area contributed by atoms with Crippen LogP contribution in [0.4, 0.5) is 0 Å². The summed E-state index contributed by atoms with van der Waals surface area (Å²) < 4.78 is 12.0. The maximum absolute atomic E-state index is 12.1. The van der Waals surface area contributed by atoms with E-state index in [0.29, 0.717) is 25.9 Å². The Balaban J connectivity index is 1.71. The molecule has 0 spiro atoms. The molecule has 0 bridgehead atoms. The number of halogens is 1. The van der Waals surface area contributed by atoms with Crippen molar-refractivity contribution in [2.75, 3.05) is 6.61 Å². The highest BCUT2D eigenvalue weighted by Gasteiger charge is 2.59. The molecule has 0 radical (unpaired) electrons. The first-order chi connectivity index (χ1) is 10.0. The van der Waals surface area contributed by atoms with Crippen molar-refractivity contribution in [1.29, 1.82) is 0 Å². The maximum Gasteiger partial charge on any atom is 0.323 e. The largest absolute Gasteiger partial charge is 0.480 e. The molecule has 1 heterocycles. The highest BCUT2D eigenvalue weighted by molar-refractivity contribution is 9.10. The van der Waals surface area contributed by atoms with Crippen LogP contribution in [-0.2, 0) is 19.1 Å². The molecule has 0 amide bonds. The summed E-state index contributed by atoms with van der Waals surface area (Å²) in [6.45, 7) is 0.499. The molecular formula is C15H15BrO5. The first-order valence-electron chi connectivity index (χ1n) is 6.84. The third kappa shape index (κ3) is 2.70. The van der Waals surface area contributed by atoms with E-state index >= 15 is 0 Å². The van der Waals surface area contributed by atoms with E-state index in [2.05, 4.69) is 15.9 Å². The standard InChI is InChI=1S/C15H15BrO5/c16-10-3-1-9(2-4-10)12-11(5-8-20-12)21-14(19)15(6-7-15)13(17)18/h1-4,11-12H,5-8H2,(H,17,18)/t11-,12+/m0/s1. The summed E-state index contributed by atoms with van der Waals surface area (Å²) in [6.07, 6.45) is 0.555. The van der Waals surface area contributed by atoms with Crippen molar-refractivity contribution in [1.82, 2.24) is 0 Å². The third-order valence-electron chi connectivity index (χ3n) is 4.04. The van der Waals surface area contributed by atoms with E-state index in [1.807, 2.05) is 24.3 Å². The minimum Gasteiger partial charge on any atom is -0.480 e. The Morgan fingerprint density at radius 3 is 2.52 bits per heavy atom. The van der Waals surface area contributed by atoms with Gasteiger partial charge in [0.1, 0.15) is 12.2 Å². The molecule has 0 unspecified atom stereocenters. The van der Waals surface area contributed by atoms with Gasteiger partial charge in [-0.25, -0.2) is 0 Å². The summed E-state index contributed by atoms with van der Waals surface area (Å²) in [5, 5.41) is 9.12. The van der Waals surface area contributed by atoms with Crippen molar-refractivity contribution in [2.24, 2.45) is 5.41 Å². The zero-order valence-corrected chi connectivity index (χ0v) is 12.8. The molecule has 1 aromatic carbocycles. The lowest BCUT2D eigenvalue weighted by atomic mass is 10.0.